The second kappa shape index (κ2) is 6.41. The zero-order valence-corrected chi connectivity index (χ0v) is 14.8. The van der Waals surface area contributed by atoms with E-state index in [0.29, 0.717) is 35.7 Å². The largest absolute Gasteiger partial charge is 0.420 e. The third-order valence-electron chi connectivity index (χ3n) is 4.23. The highest BCUT2D eigenvalue weighted by atomic mass is 32.1. The standard InChI is InChI=1S/C17H16N4O4S/c1-10(22)18-16-19-11-6-7-20(8-14(11)26-16)15(23)9-21-12-4-2-3-5-13(12)25-17(21)24/h2-5H,6-9H2,1H3,(H,18,19,22). The van der Waals surface area contributed by atoms with Gasteiger partial charge in [0.05, 0.1) is 17.8 Å². The van der Waals surface area contributed by atoms with Gasteiger partial charge in [0.25, 0.3) is 0 Å². The van der Waals surface area contributed by atoms with Crippen LogP contribution in [0.3, 0.4) is 0 Å². The maximum atomic E-state index is 12.7. The summed E-state index contributed by atoms with van der Waals surface area (Å²) in [5, 5.41) is 3.23. The van der Waals surface area contributed by atoms with Gasteiger partial charge in [0, 0.05) is 24.8 Å². The zero-order valence-electron chi connectivity index (χ0n) is 14.0. The third kappa shape index (κ3) is 3.01. The number of anilines is 1. The number of oxazole rings is 1. The Balaban J connectivity index is 1.52. The molecule has 0 saturated heterocycles. The molecule has 2 amide bonds. The smallest absolute Gasteiger partial charge is 0.408 e. The molecular weight excluding hydrogens is 356 g/mol. The van der Waals surface area contributed by atoms with Gasteiger partial charge in [0.1, 0.15) is 6.54 Å². The number of fused-ring (bicyclic) bond motifs is 2. The molecule has 3 heterocycles. The maximum Gasteiger partial charge on any atom is 0.420 e. The molecule has 26 heavy (non-hydrogen) atoms. The molecule has 1 aliphatic rings. The molecule has 1 aliphatic heterocycles. The lowest BCUT2D eigenvalue weighted by molar-refractivity contribution is -0.132. The van der Waals surface area contributed by atoms with Crippen molar-refractivity contribution >= 4 is 39.4 Å². The van der Waals surface area contributed by atoms with E-state index in [9.17, 15) is 14.4 Å². The molecule has 4 rings (SSSR count). The monoisotopic (exact) mass is 372 g/mol. The predicted octanol–water partition coefficient (Wildman–Crippen LogP) is 1.59. The maximum absolute atomic E-state index is 12.7. The number of benzene rings is 1. The number of carbonyl (C=O) groups excluding carboxylic acids is 2. The molecule has 9 heteroatoms. The summed E-state index contributed by atoms with van der Waals surface area (Å²) in [6.45, 7) is 2.32. The Kier molecular flexibility index (Phi) is 4.08. The van der Waals surface area contributed by atoms with E-state index >= 15 is 0 Å². The summed E-state index contributed by atoms with van der Waals surface area (Å²) in [5.74, 6) is -0.864. The topological polar surface area (TPSA) is 97.4 Å². The molecule has 0 unspecified atom stereocenters. The van der Waals surface area contributed by atoms with Gasteiger partial charge in [-0.2, -0.15) is 0 Å². The summed E-state index contributed by atoms with van der Waals surface area (Å²) in [4.78, 5) is 42.9. The third-order valence-corrected chi connectivity index (χ3v) is 5.23. The van der Waals surface area contributed by atoms with E-state index in [1.165, 1.54) is 22.8 Å². The van der Waals surface area contributed by atoms with Crippen molar-refractivity contribution in [1.82, 2.24) is 14.5 Å². The van der Waals surface area contributed by atoms with E-state index in [2.05, 4.69) is 10.3 Å². The van der Waals surface area contributed by atoms with Gasteiger partial charge in [0.2, 0.25) is 11.8 Å². The van der Waals surface area contributed by atoms with Gasteiger partial charge in [-0.15, -0.1) is 0 Å². The second-order valence-corrected chi connectivity index (χ2v) is 7.14. The summed E-state index contributed by atoms with van der Waals surface area (Å²) in [6.07, 6.45) is 0.623. The van der Waals surface area contributed by atoms with Crippen LogP contribution < -0.4 is 11.1 Å². The Morgan fingerprint density at radius 2 is 2.15 bits per heavy atom. The zero-order chi connectivity index (χ0) is 18.3. The van der Waals surface area contributed by atoms with Gasteiger partial charge < -0.3 is 14.6 Å². The van der Waals surface area contributed by atoms with Crippen LogP contribution in [0.5, 0.6) is 0 Å². The van der Waals surface area contributed by atoms with Crippen LogP contribution in [0, 0.1) is 0 Å². The quantitative estimate of drug-likeness (QED) is 0.753. The van der Waals surface area contributed by atoms with Crippen molar-refractivity contribution in [2.45, 2.75) is 26.4 Å². The Hall–Kier alpha value is -2.94. The molecule has 0 fully saturated rings. The highest BCUT2D eigenvalue weighted by Gasteiger charge is 2.25. The molecule has 1 N–H and O–H groups in total. The SMILES string of the molecule is CC(=O)Nc1nc2c(s1)CN(C(=O)Cn1c(=O)oc3ccccc31)CC2. The van der Waals surface area contributed by atoms with Crippen LogP contribution in [0.4, 0.5) is 5.13 Å². The molecular formula is C17H16N4O4S. The lowest BCUT2D eigenvalue weighted by Gasteiger charge is -2.26. The molecule has 8 nitrogen and oxygen atoms in total. The fourth-order valence-corrected chi connectivity index (χ4v) is 4.08. The summed E-state index contributed by atoms with van der Waals surface area (Å²) >= 11 is 1.37. The fourth-order valence-electron chi connectivity index (χ4n) is 3.01. The van der Waals surface area contributed by atoms with Gasteiger partial charge >= 0.3 is 5.76 Å². The number of carbonyl (C=O) groups is 2. The van der Waals surface area contributed by atoms with E-state index < -0.39 is 5.76 Å². The summed E-state index contributed by atoms with van der Waals surface area (Å²) in [7, 11) is 0. The number of hydrogen-bond acceptors (Lipinski definition) is 6. The Bertz CT molecular complexity index is 1060. The average Bonchev–Trinajstić information content (AvgIpc) is 3.14. The predicted molar refractivity (Wildman–Crippen MR) is 96.0 cm³/mol. The lowest BCUT2D eigenvalue weighted by atomic mass is 10.2. The Morgan fingerprint density at radius 1 is 1.35 bits per heavy atom. The van der Waals surface area contributed by atoms with Crippen molar-refractivity contribution in [2.24, 2.45) is 0 Å². The average molecular weight is 372 g/mol. The molecule has 3 aromatic rings. The number of thiazole rings is 1. The number of nitrogens with one attached hydrogen (secondary N) is 1. The van der Waals surface area contributed by atoms with Crippen molar-refractivity contribution < 1.29 is 14.0 Å². The van der Waals surface area contributed by atoms with Crippen molar-refractivity contribution in [3.05, 3.63) is 45.4 Å². The van der Waals surface area contributed by atoms with Gasteiger partial charge in [0.15, 0.2) is 10.7 Å². The number of hydrogen-bond donors (Lipinski definition) is 1. The first kappa shape index (κ1) is 16.5. The number of aromatic nitrogens is 2. The van der Waals surface area contributed by atoms with Crippen molar-refractivity contribution in [3.63, 3.8) is 0 Å². The molecule has 1 aromatic carbocycles. The minimum atomic E-state index is -0.539. The molecule has 0 saturated carbocycles. The van der Waals surface area contributed by atoms with E-state index in [1.54, 1.807) is 29.2 Å². The Morgan fingerprint density at radius 3 is 2.96 bits per heavy atom. The van der Waals surface area contributed by atoms with E-state index in [-0.39, 0.29) is 18.4 Å². The van der Waals surface area contributed by atoms with Gasteiger partial charge in [-0.25, -0.2) is 9.78 Å². The van der Waals surface area contributed by atoms with Crippen LogP contribution in [0.15, 0.2) is 33.5 Å². The minimum Gasteiger partial charge on any atom is -0.408 e. The molecule has 0 spiro atoms. The van der Waals surface area contributed by atoms with Gasteiger partial charge in [-0.05, 0) is 12.1 Å². The minimum absolute atomic E-state index is 0.0669. The van der Waals surface area contributed by atoms with Gasteiger partial charge in [-0.1, -0.05) is 23.5 Å². The first-order chi connectivity index (χ1) is 12.5. The second-order valence-electron chi connectivity index (χ2n) is 6.06. The van der Waals surface area contributed by atoms with E-state index in [1.807, 2.05) is 0 Å². The fraction of sp³-hybridized carbons (Fsp3) is 0.294. The van der Waals surface area contributed by atoms with Crippen LogP contribution in [0.2, 0.25) is 0 Å². The summed E-state index contributed by atoms with van der Waals surface area (Å²) in [5.41, 5.74) is 1.98. The molecule has 0 aliphatic carbocycles. The van der Waals surface area contributed by atoms with Crippen molar-refractivity contribution in [2.75, 3.05) is 11.9 Å². The van der Waals surface area contributed by atoms with E-state index in [0.717, 1.165) is 10.6 Å². The van der Waals surface area contributed by atoms with Crippen LogP contribution in [-0.4, -0.2) is 32.8 Å². The number of para-hydroxylation sites is 2. The molecule has 0 radical (unpaired) electrons. The molecule has 0 bridgehead atoms. The lowest BCUT2D eigenvalue weighted by Crippen LogP contribution is -2.38. The molecule has 2 aromatic heterocycles. The van der Waals surface area contributed by atoms with Crippen LogP contribution in [-0.2, 0) is 29.1 Å². The van der Waals surface area contributed by atoms with Crippen molar-refractivity contribution in [1.29, 1.82) is 0 Å². The normalized spacial score (nSPS) is 13.7. The molecule has 0 atom stereocenters. The van der Waals surface area contributed by atoms with Crippen LogP contribution in [0.25, 0.3) is 11.1 Å². The van der Waals surface area contributed by atoms with Crippen molar-refractivity contribution in [3.8, 4) is 0 Å². The first-order valence-electron chi connectivity index (χ1n) is 8.13. The number of nitrogens with zero attached hydrogens (tertiary/aromatic N) is 3. The summed E-state index contributed by atoms with van der Waals surface area (Å²) < 4.78 is 6.52. The van der Waals surface area contributed by atoms with Crippen LogP contribution in [0.1, 0.15) is 17.5 Å². The Labute approximate surface area is 152 Å². The first-order valence-corrected chi connectivity index (χ1v) is 8.95. The van der Waals surface area contributed by atoms with Gasteiger partial charge in [-0.3, -0.25) is 14.2 Å². The number of amides is 2. The summed E-state index contributed by atoms with van der Waals surface area (Å²) in [6, 6.07) is 7.03. The molecule has 134 valence electrons. The van der Waals surface area contributed by atoms with Crippen LogP contribution >= 0.6 is 11.3 Å². The highest BCUT2D eigenvalue weighted by Crippen LogP contribution is 2.28. The van der Waals surface area contributed by atoms with E-state index in [4.69, 9.17) is 4.42 Å². The highest BCUT2D eigenvalue weighted by molar-refractivity contribution is 7.15. The number of rotatable bonds is 3.